The van der Waals surface area contributed by atoms with Crippen molar-refractivity contribution < 1.29 is 19.1 Å². The van der Waals surface area contributed by atoms with E-state index >= 15 is 0 Å². The largest absolute Gasteiger partial charge is 0.455 e. The van der Waals surface area contributed by atoms with Crippen molar-refractivity contribution in [3.63, 3.8) is 0 Å². The zero-order chi connectivity index (χ0) is 16.9. The second-order valence-electron chi connectivity index (χ2n) is 6.43. The predicted octanol–water partition coefficient (Wildman–Crippen LogP) is 3.64. The second kappa shape index (κ2) is 7.31. The number of rotatable bonds is 3. The van der Waals surface area contributed by atoms with Crippen LogP contribution < -0.4 is 0 Å². The van der Waals surface area contributed by atoms with Gasteiger partial charge in [-0.25, -0.2) is 9.59 Å². The van der Waals surface area contributed by atoms with Crippen LogP contribution in [0.1, 0.15) is 39.2 Å². The van der Waals surface area contributed by atoms with E-state index in [1.54, 1.807) is 26.8 Å². The molecule has 1 aromatic rings. The first-order chi connectivity index (χ1) is 10.9. The molecule has 23 heavy (non-hydrogen) atoms. The summed E-state index contributed by atoms with van der Waals surface area (Å²) in [5, 5.41) is 0. The van der Waals surface area contributed by atoms with Crippen molar-refractivity contribution in [2.45, 2.75) is 45.8 Å². The highest BCUT2D eigenvalue weighted by atomic mass is 16.6. The van der Waals surface area contributed by atoms with Crippen molar-refractivity contribution in [3.8, 4) is 0 Å². The molecule has 0 atom stereocenters. The molecule has 5 nitrogen and oxygen atoms in total. The van der Waals surface area contributed by atoms with Gasteiger partial charge in [0.15, 0.2) is 0 Å². The standard InChI is InChI=1S/C18H23NO4/c1-18(2,3)23-16(20)15-11-7-8-12-19(15)17(21)22-13-14-9-5-4-6-10-14/h4-6,9-11H,7-8,12-13H2,1-3H3. The predicted molar refractivity (Wildman–Crippen MR) is 86.5 cm³/mol. The van der Waals surface area contributed by atoms with Gasteiger partial charge in [-0.1, -0.05) is 36.4 Å². The highest BCUT2D eigenvalue weighted by Gasteiger charge is 2.30. The summed E-state index contributed by atoms with van der Waals surface area (Å²) in [7, 11) is 0. The summed E-state index contributed by atoms with van der Waals surface area (Å²) in [6.07, 6.45) is 2.76. The lowest BCUT2D eigenvalue weighted by atomic mass is 10.1. The van der Waals surface area contributed by atoms with E-state index in [2.05, 4.69) is 0 Å². The average molecular weight is 317 g/mol. The number of allylic oxidation sites excluding steroid dienone is 1. The Balaban J connectivity index is 2.01. The van der Waals surface area contributed by atoms with Gasteiger partial charge in [-0.3, -0.25) is 4.90 Å². The number of carbonyl (C=O) groups excluding carboxylic acids is 2. The van der Waals surface area contributed by atoms with Crippen LogP contribution >= 0.6 is 0 Å². The molecule has 5 heteroatoms. The van der Waals surface area contributed by atoms with E-state index < -0.39 is 17.7 Å². The molecule has 1 aliphatic rings. The van der Waals surface area contributed by atoms with Crippen LogP contribution in [0.4, 0.5) is 4.79 Å². The van der Waals surface area contributed by atoms with Crippen LogP contribution in [0.2, 0.25) is 0 Å². The molecule has 0 aromatic heterocycles. The molecule has 0 N–H and O–H groups in total. The lowest BCUT2D eigenvalue weighted by Gasteiger charge is -2.29. The van der Waals surface area contributed by atoms with Gasteiger partial charge >= 0.3 is 12.1 Å². The van der Waals surface area contributed by atoms with Crippen LogP contribution in [0, 0.1) is 0 Å². The Morgan fingerprint density at radius 2 is 1.87 bits per heavy atom. The van der Waals surface area contributed by atoms with E-state index in [0.717, 1.165) is 18.4 Å². The summed E-state index contributed by atoms with van der Waals surface area (Å²) in [5.74, 6) is -0.492. The van der Waals surface area contributed by atoms with Gasteiger partial charge in [-0.15, -0.1) is 0 Å². The van der Waals surface area contributed by atoms with E-state index in [9.17, 15) is 9.59 Å². The third-order valence-electron chi connectivity index (χ3n) is 3.25. The smallest absolute Gasteiger partial charge is 0.414 e. The van der Waals surface area contributed by atoms with Crippen LogP contribution in [0.3, 0.4) is 0 Å². The minimum absolute atomic E-state index is 0.178. The van der Waals surface area contributed by atoms with Gasteiger partial charge in [0.05, 0.1) is 0 Å². The fraction of sp³-hybridized carbons (Fsp3) is 0.444. The maximum Gasteiger partial charge on any atom is 0.414 e. The fourth-order valence-electron chi connectivity index (χ4n) is 2.23. The minimum Gasteiger partial charge on any atom is -0.455 e. The molecule has 124 valence electrons. The van der Waals surface area contributed by atoms with Gasteiger partial charge < -0.3 is 9.47 Å². The highest BCUT2D eigenvalue weighted by molar-refractivity contribution is 5.92. The molecule has 0 saturated carbocycles. The fourth-order valence-corrected chi connectivity index (χ4v) is 2.23. The number of esters is 1. The number of hydrogen-bond donors (Lipinski definition) is 0. The Hall–Kier alpha value is -2.30. The van der Waals surface area contributed by atoms with Crippen LogP contribution in [0.25, 0.3) is 0 Å². The van der Waals surface area contributed by atoms with Crippen molar-refractivity contribution in [3.05, 3.63) is 47.7 Å². The second-order valence-corrected chi connectivity index (χ2v) is 6.43. The van der Waals surface area contributed by atoms with Gasteiger partial charge in [0, 0.05) is 6.54 Å². The molecule has 0 bridgehead atoms. The van der Waals surface area contributed by atoms with E-state index in [1.807, 2.05) is 30.3 Å². The Morgan fingerprint density at radius 3 is 2.52 bits per heavy atom. The third-order valence-corrected chi connectivity index (χ3v) is 3.25. The van der Waals surface area contributed by atoms with E-state index in [0.29, 0.717) is 6.54 Å². The molecular formula is C18H23NO4. The summed E-state index contributed by atoms with van der Waals surface area (Å²) < 4.78 is 10.7. The summed E-state index contributed by atoms with van der Waals surface area (Å²) in [4.78, 5) is 25.9. The van der Waals surface area contributed by atoms with E-state index in [4.69, 9.17) is 9.47 Å². The first kappa shape index (κ1) is 17.1. The maximum atomic E-state index is 12.3. The molecule has 0 unspecified atom stereocenters. The lowest BCUT2D eigenvalue weighted by Crippen LogP contribution is -2.39. The maximum absolute atomic E-state index is 12.3. The molecule has 1 amide bonds. The number of hydrogen-bond acceptors (Lipinski definition) is 4. The van der Waals surface area contributed by atoms with Crippen molar-refractivity contribution in [1.82, 2.24) is 4.90 Å². The first-order valence-electron chi connectivity index (χ1n) is 7.78. The quantitative estimate of drug-likeness (QED) is 0.799. The normalized spacial score (nSPS) is 14.9. The number of amides is 1. The van der Waals surface area contributed by atoms with Crippen molar-refractivity contribution in [1.29, 1.82) is 0 Å². The number of nitrogens with zero attached hydrogens (tertiary/aromatic N) is 1. The molecule has 0 fully saturated rings. The van der Waals surface area contributed by atoms with Crippen LogP contribution in [0.5, 0.6) is 0 Å². The third kappa shape index (κ3) is 5.13. The molecular weight excluding hydrogens is 294 g/mol. The molecule has 0 saturated heterocycles. The highest BCUT2D eigenvalue weighted by Crippen LogP contribution is 2.20. The van der Waals surface area contributed by atoms with Crippen LogP contribution in [-0.2, 0) is 20.9 Å². The summed E-state index contributed by atoms with van der Waals surface area (Å²) >= 11 is 0. The number of benzene rings is 1. The Kier molecular flexibility index (Phi) is 5.42. The summed E-state index contributed by atoms with van der Waals surface area (Å²) in [6.45, 7) is 6.03. The molecule has 0 spiro atoms. The Labute approximate surface area is 136 Å². The molecule has 0 aliphatic carbocycles. The zero-order valence-corrected chi connectivity index (χ0v) is 13.9. The van der Waals surface area contributed by atoms with Crippen molar-refractivity contribution >= 4 is 12.1 Å². The van der Waals surface area contributed by atoms with Crippen molar-refractivity contribution in [2.75, 3.05) is 6.54 Å². The monoisotopic (exact) mass is 317 g/mol. The first-order valence-corrected chi connectivity index (χ1v) is 7.78. The number of ether oxygens (including phenoxy) is 2. The van der Waals surface area contributed by atoms with Crippen LogP contribution in [-0.4, -0.2) is 29.1 Å². The lowest BCUT2D eigenvalue weighted by molar-refractivity contribution is -0.151. The molecule has 1 aliphatic heterocycles. The molecule has 1 aromatic carbocycles. The topological polar surface area (TPSA) is 55.8 Å². The molecule has 2 rings (SSSR count). The van der Waals surface area contributed by atoms with Gasteiger partial charge in [0.2, 0.25) is 0 Å². The van der Waals surface area contributed by atoms with Gasteiger partial charge in [0.25, 0.3) is 0 Å². The summed E-state index contributed by atoms with van der Waals surface area (Å²) in [5.41, 5.74) is 0.569. The van der Waals surface area contributed by atoms with Gasteiger partial charge in [-0.2, -0.15) is 0 Å². The van der Waals surface area contributed by atoms with Crippen LogP contribution in [0.15, 0.2) is 42.1 Å². The Morgan fingerprint density at radius 1 is 1.17 bits per heavy atom. The summed E-state index contributed by atoms with van der Waals surface area (Å²) in [6, 6.07) is 9.44. The minimum atomic E-state index is -0.602. The average Bonchev–Trinajstić information content (AvgIpc) is 2.52. The molecule has 0 radical (unpaired) electrons. The van der Waals surface area contributed by atoms with E-state index in [-0.39, 0.29) is 12.3 Å². The van der Waals surface area contributed by atoms with Crippen molar-refractivity contribution in [2.24, 2.45) is 0 Å². The number of carbonyl (C=O) groups is 2. The van der Waals surface area contributed by atoms with E-state index in [1.165, 1.54) is 4.90 Å². The zero-order valence-electron chi connectivity index (χ0n) is 13.9. The molecule has 1 heterocycles. The SMILES string of the molecule is CC(C)(C)OC(=O)C1=CCCCN1C(=O)OCc1ccccc1. The Bertz CT molecular complexity index is 587. The van der Waals surface area contributed by atoms with Gasteiger partial charge in [0.1, 0.15) is 17.9 Å². The van der Waals surface area contributed by atoms with Gasteiger partial charge in [-0.05, 0) is 39.2 Å².